The molecule has 6 heteroatoms. The fraction of sp³-hybridized carbons (Fsp3) is 0.333. The summed E-state index contributed by atoms with van der Waals surface area (Å²) >= 11 is 6.82. The summed E-state index contributed by atoms with van der Waals surface area (Å²) in [4.78, 5) is 15.6. The number of benzene rings is 1. The first-order chi connectivity index (χ1) is 10.2. The van der Waals surface area contributed by atoms with Crippen molar-refractivity contribution in [3.63, 3.8) is 0 Å². The van der Waals surface area contributed by atoms with Crippen molar-refractivity contribution in [2.24, 2.45) is 0 Å². The lowest BCUT2D eigenvalue weighted by molar-refractivity contribution is -0.113. The number of nitrogens with one attached hydrogen (secondary N) is 1. The third kappa shape index (κ3) is 4.72. The molecule has 0 fully saturated rings. The normalized spacial score (nSPS) is 10.4. The SMILES string of the molecule is CCCCOc1ccc(-c2csc(NC(=O)CCl)n2)cc1. The van der Waals surface area contributed by atoms with Gasteiger partial charge in [-0.1, -0.05) is 13.3 Å². The summed E-state index contributed by atoms with van der Waals surface area (Å²) in [6.07, 6.45) is 2.17. The molecule has 1 amide bonds. The molecule has 2 rings (SSSR count). The number of halogens is 1. The van der Waals surface area contributed by atoms with Gasteiger partial charge in [-0.15, -0.1) is 22.9 Å². The van der Waals surface area contributed by atoms with E-state index in [1.54, 1.807) is 0 Å². The Morgan fingerprint density at radius 2 is 2.14 bits per heavy atom. The first-order valence-electron chi connectivity index (χ1n) is 6.77. The Bertz CT molecular complexity index is 584. The minimum atomic E-state index is -0.253. The number of rotatable bonds is 7. The number of hydrogen-bond donors (Lipinski definition) is 1. The van der Waals surface area contributed by atoms with E-state index in [0.717, 1.165) is 36.5 Å². The lowest BCUT2D eigenvalue weighted by Gasteiger charge is -2.05. The Labute approximate surface area is 133 Å². The predicted octanol–water partition coefficient (Wildman–Crippen LogP) is 4.17. The molecule has 0 saturated heterocycles. The molecule has 0 atom stereocenters. The Kier molecular flexibility index (Phi) is 6.02. The van der Waals surface area contributed by atoms with Gasteiger partial charge in [0, 0.05) is 10.9 Å². The Morgan fingerprint density at radius 3 is 2.81 bits per heavy atom. The number of ether oxygens (including phenoxy) is 1. The van der Waals surface area contributed by atoms with Crippen LogP contribution in [0.1, 0.15) is 19.8 Å². The van der Waals surface area contributed by atoms with Crippen LogP contribution in [0.15, 0.2) is 29.6 Å². The van der Waals surface area contributed by atoms with Crippen LogP contribution < -0.4 is 10.1 Å². The van der Waals surface area contributed by atoms with Gasteiger partial charge in [0.2, 0.25) is 5.91 Å². The molecule has 0 bridgehead atoms. The van der Waals surface area contributed by atoms with E-state index >= 15 is 0 Å². The minimum Gasteiger partial charge on any atom is -0.494 e. The van der Waals surface area contributed by atoms with E-state index in [1.807, 2.05) is 29.6 Å². The fourth-order valence-corrected chi connectivity index (χ4v) is 2.48. The second-order valence-electron chi connectivity index (χ2n) is 4.45. The van der Waals surface area contributed by atoms with Crippen molar-refractivity contribution < 1.29 is 9.53 Å². The maximum Gasteiger partial charge on any atom is 0.241 e. The van der Waals surface area contributed by atoms with Crippen LogP contribution >= 0.6 is 22.9 Å². The van der Waals surface area contributed by atoms with Crippen LogP contribution in [-0.4, -0.2) is 23.4 Å². The van der Waals surface area contributed by atoms with Gasteiger partial charge in [0.1, 0.15) is 11.6 Å². The van der Waals surface area contributed by atoms with Gasteiger partial charge < -0.3 is 10.1 Å². The lowest BCUT2D eigenvalue weighted by atomic mass is 10.2. The summed E-state index contributed by atoms with van der Waals surface area (Å²) in [7, 11) is 0. The first kappa shape index (κ1) is 15.8. The molecule has 1 heterocycles. The molecule has 0 radical (unpaired) electrons. The minimum absolute atomic E-state index is 0.0707. The van der Waals surface area contributed by atoms with Crippen LogP contribution in [0.5, 0.6) is 5.75 Å². The molecule has 0 spiro atoms. The van der Waals surface area contributed by atoms with E-state index < -0.39 is 0 Å². The fourth-order valence-electron chi connectivity index (χ4n) is 1.67. The van der Waals surface area contributed by atoms with Crippen LogP contribution in [-0.2, 0) is 4.79 Å². The summed E-state index contributed by atoms with van der Waals surface area (Å²) in [5, 5.41) is 5.09. The summed E-state index contributed by atoms with van der Waals surface area (Å²) in [6, 6.07) is 7.79. The largest absolute Gasteiger partial charge is 0.494 e. The number of carbonyl (C=O) groups excluding carboxylic acids is 1. The van der Waals surface area contributed by atoms with Crippen molar-refractivity contribution in [3.8, 4) is 17.0 Å². The molecule has 0 aliphatic heterocycles. The van der Waals surface area contributed by atoms with Crippen molar-refractivity contribution in [2.45, 2.75) is 19.8 Å². The molecule has 112 valence electrons. The van der Waals surface area contributed by atoms with Gasteiger partial charge in [-0.25, -0.2) is 4.98 Å². The smallest absolute Gasteiger partial charge is 0.241 e. The zero-order valence-corrected chi connectivity index (χ0v) is 13.3. The highest BCUT2D eigenvalue weighted by Gasteiger charge is 2.07. The number of hydrogen-bond acceptors (Lipinski definition) is 4. The van der Waals surface area contributed by atoms with Crippen molar-refractivity contribution in [2.75, 3.05) is 17.8 Å². The average Bonchev–Trinajstić information content (AvgIpc) is 2.96. The molecule has 21 heavy (non-hydrogen) atoms. The average molecular weight is 325 g/mol. The van der Waals surface area contributed by atoms with Gasteiger partial charge in [-0.2, -0.15) is 0 Å². The molecule has 0 aliphatic rings. The summed E-state index contributed by atoms with van der Waals surface area (Å²) in [5.74, 6) is 0.536. The second-order valence-corrected chi connectivity index (χ2v) is 5.57. The zero-order valence-electron chi connectivity index (χ0n) is 11.8. The third-order valence-electron chi connectivity index (χ3n) is 2.79. The maximum absolute atomic E-state index is 11.2. The number of thiazole rings is 1. The summed E-state index contributed by atoms with van der Waals surface area (Å²) < 4.78 is 5.62. The molecular weight excluding hydrogens is 308 g/mol. The molecule has 0 saturated carbocycles. The molecule has 1 aromatic heterocycles. The number of amides is 1. The molecule has 1 N–H and O–H groups in total. The van der Waals surface area contributed by atoms with E-state index in [1.165, 1.54) is 11.3 Å². The van der Waals surface area contributed by atoms with Crippen molar-refractivity contribution in [1.29, 1.82) is 0 Å². The number of unbranched alkanes of at least 4 members (excludes halogenated alkanes) is 1. The second kappa shape index (κ2) is 8.00. The molecule has 2 aromatic rings. The van der Waals surface area contributed by atoms with Crippen LogP contribution in [0, 0.1) is 0 Å². The zero-order chi connectivity index (χ0) is 15.1. The van der Waals surface area contributed by atoms with E-state index in [9.17, 15) is 4.79 Å². The highest BCUT2D eigenvalue weighted by molar-refractivity contribution is 7.14. The van der Waals surface area contributed by atoms with Crippen LogP contribution in [0.25, 0.3) is 11.3 Å². The van der Waals surface area contributed by atoms with E-state index in [4.69, 9.17) is 16.3 Å². The standard InChI is InChI=1S/C15H17ClN2O2S/c1-2-3-8-20-12-6-4-11(5-7-12)13-10-21-15(17-13)18-14(19)9-16/h4-7,10H,2-3,8-9H2,1H3,(H,17,18,19). The van der Waals surface area contributed by atoms with Crippen LogP contribution in [0.4, 0.5) is 5.13 Å². The Balaban J connectivity index is 2.00. The van der Waals surface area contributed by atoms with Gasteiger partial charge in [0.05, 0.1) is 12.3 Å². The van der Waals surface area contributed by atoms with Crippen LogP contribution in [0.2, 0.25) is 0 Å². The lowest BCUT2D eigenvalue weighted by Crippen LogP contribution is -2.12. The highest BCUT2D eigenvalue weighted by Crippen LogP contribution is 2.26. The van der Waals surface area contributed by atoms with E-state index in [2.05, 4.69) is 17.2 Å². The van der Waals surface area contributed by atoms with Gasteiger partial charge >= 0.3 is 0 Å². The Hall–Kier alpha value is -1.59. The summed E-state index contributed by atoms with van der Waals surface area (Å²) in [5.41, 5.74) is 1.81. The number of nitrogens with zero attached hydrogens (tertiary/aromatic N) is 1. The topological polar surface area (TPSA) is 51.2 Å². The third-order valence-corrected chi connectivity index (χ3v) is 3.79. The van der Waals surface area contributed by atoms with Gasteiger partial charge in [0.25, 0.3) is 0 Å². The number of aromatic nitrogens is 1. The van der Waals surface area contributed by atoms with Gasteiger partial charge in [0.15, 0.2) is 5.13 Å². The van der Waals surface area contributed by atoms with E-state index in [-0.39, 0.29) is 11.8 Å². The van der Waals surface area contributed by atoms with Crippen molar-refractivity contribution in [3.05, 3.63) is 29.6 Å². The predicted molar refractivity (Wildman–Crippen MR) is 87.3 cm³/mol. The highest BCUT2D eigenvalue weighted by atomic mass is 35.5. The van der Waals surface area contributed by atoms with Crippen molar-refractivity contribution >= 4 is 34.0 Å². The monoisotopic (exact) mass is 324 g/mol. The first-order valence-corrected chi connectivity index (χ1v) is 8.19. The summed E-state index contributed by atoms with van der Waals surface area (Å²) in [6.45, 7) is 2.87. The number of carbonyl (C=O) groups is 1. The van der Waals surface area contributed by atoms with Crippen molar-refractivity contribution in [1.82, 2.24) is 4.98 Å². The molecule has 4 nitrogen and oxygen atoms in total. The Morgan fingerprint density at radius 1 is 1.38 bits per heavy atom. The number of alkyl halides is 1. The van der Waals surface area contributed by atoms with Crippen LogP contribution in [0.3, 0.4) is 0 Å². The van der Waals surface area contributed by atoms with Gasteiger partial charge in [-0.05, 0) is 30.7 Å². The molecule has 0 aliphatic carbocycles. The molecule has 1 aromatic carbocycles. The van der Waals surface area contributed by atoms with Gasteiger partial charge in [-0.3, -0.25) is 4.79 Å². The molecular formula is C15H17ClN2O2S. The number of anilines is 1. The van der Waals surface area contributed by atoms with E-state index in [0.29, 0.717) is 5.13 Å². The quantitative estimate of drug-likeness (QED) is 0.614. The maximum atomic E-state index is 11.2. The molecule has 0 unspecified atom stereocenters.